The summed E-state index contributed by atoms with van der Waals surface area (Å²) >= 11 is 7.51. The molecule has 31 heavy (non-hydrogen) atoms. The van der Waals surface area contributed by atoms with Gasteiger partial charge < -0.3 is 5.32 Å². The lowest BCUT2D eigenvalue weighted by Crippen LogP contribution is -2.47. The van der Waals surface area contributed by atoms with Crippen LogP contribution in [0.25, 0.3) is 11.4 Å². The molecule has 4 rings (SSSR count). The zero-order valence-corrected chi connectivity index (χ0v) is 18.6. The molecule has 0 bridgehead atoms. The Morgan fingerprint density at radius 3 is 2.84 bits per heavy atom. The van der Waals surface area contributed by atoms with Gasteiger partial charge in [-0.15, -0.1) is 0 Å². The fourth-order valence-electron chi connectivity index (χ4n) is 3.61. The van der Waals surface area contributed by atoms with Gasteiger partial charge in [-0.05, 0) is 38.5 Å². The lowest BCUT2D eigenvalue weighted by Gasteiger charge is -2.30. The molecule has 1 unspecified atom stereocenters. The van der Waals surface area contributed by atoms with Crippen LogP contribution < -0.4 is 10.9 Å². The highest BCUT2D eigenvalue weighted by Gasteiger charge is 2.36. The SMILES string of the molecule is CSc1ncc(Cl)c(C(=O)NC2(C)CCCCn3c2nc(-c2ccncn2)cc3=O)n1. The van der Waals surface area contributed by atoms with Crippen molar-refractivity contribution in [2.75, 3.05) is 6.26 Å². The van der Waals surface area contributed by atoms with Crippen LogP contribution >= 0.6 is 23.4 Å². The third-order valence-electron chi connectivity index (χ3n) is 5.16. The van der Waals surface area contributed by atoms with Gasteiger partial charge in [-0.2, -0.15) is 0 Å². The van der Waals surface area contributed by atoms with Crippen LogP contribution in [0.4, 0.5) is 0 Å². The average molecular weight is 458 g/mol. The molecule has 1 N–H and O–H groups in total. The number of rotatable bonds is 4. The van der Waals surface area contributed by atoms with Crippen LogP contribution in [0.15, 0.2) is 40.8 Å². The van der Waals surface area contributed by atoms with E-state index in [2.05, 4.69) is 25.3 Å². The number of hydrogen-bond donors (Lipinski definition) is 1. The number of halogens is 1. The predicted octanol–water partition coefficient (Wildman–Crippen LogP) is 2.69. The molecule has 1 atom stereocenters. The van der Waals surface area contributed by atoms with Crippen molar-refractivity contribution in [2.24, 2.45) is 0 Å². The number of carbonyl (C=O) groups excluding carboxylic acids is 1. The second-order valence-electron chi connectivity index (χ2n) is 7.35. The summed E-state index contributed by atoms with van der Waals surface area (Å²) < 4.78 is 1.62. The molecule has 0 saturated carbocycles. The lowest BCUT2D eigenvalue weighted by atomic mass is 9.94. The van der Waals surface area contributed by atoms with Crippen molar-refractivity contribution in [1.29, 1.82) is 0 Å². The molecule has 160 valence electrons. The fourth-order valence-corrected chi connectivity index (χ4v) is 4.13. The standard InChI is InChI=1S/C20H20ClN7O2S/c1-20(27-17(30)16-12(21)10-23-19(26-16)31-2)6-3-4-8-28-15(29)9-14(25-18(20)28)13-5-7-22-11-24-13/h5,7,9-11H,3-4,6,8H2,1-2H3,(H,27,30). The van der Waals surface area contributed by atoms with Crippen LogP contribution in [-0.2, 0) is 12.1 Å². The van der Waals surface area contributed by atoms with E-state index in [0.717, 1.165) is 12.8 Å². The monoisotopic (exact) mass is 457 g/mol. The van der Waals surface area contributed by atoms with Crippen LogP contribution in [-0.4, -0.2) is 41.6 Å². The van der Waals surface area contributed by atoms with Crippen molar-refractivity contribution in [3.05, 3.63) is 57.7 Å². The van der Waals surface area contributed by atoms with Crippen molar-refractivity contribution >= 4 is 29.3 Å². The Hall–Kier alpha value is -2.85. The molecule has 1 aliphatic rings. The number of hydrogen-bond acceptors (Lipinski definition) is 8. The second kappa shape index (κ2) is 8.72. The third-order valence-corrected chi connectivity index (χ3v) is 6.00. The molecule has 1 amide bonds. The predicted molar refractivity (Wildman–Crippen MR) is 117 cm³/mol. The number of carbonyl (C=O) groups is 1. The summed E-state index contributed by atoms with van der Waals surface area (Å²) in [5.41, 5.74) is -0.0236. The minimum absolute atomic E-state index is 0.0901. The van der Waals surface area contributed by atoms with Gasteiger partial charge in [-0.25, -0.2) is 24.9 Å². The Bertz CT molecular complexity index is 1190. The molecule has 0 spiro atoms. The Morgan fingerprint density at radius 2 is 2.10 bits per heavy atom. The molecule has 0 aliphatic carbocycles. The van der Waals surface area contributed by atoms with Gasteiger partial charge in [0.25, 0.3) is 11.5 Å². The molecule has 4 heterocycles. The van der Waals surface area contributed by atoms with Crippen LogP contribution in [0.1, 0.15) is 42.5 Å². The summed E-state index contributed by atoms with van der Waals surface area (Å²) in [6.07, 6.45) is 8.45. The summed E-state index contributed by atoms with van der Waals surface area (Å²) in [6, 6.07) is 3.15. The summed E-state index contributed by atoms with van der Waals surface area (Å²) in [5.74, 6) is 0.0371. The van der Waals surface area contributed by atoms with E-state index in [1.165, 1.54) is 30.4 Å². The molecule has 3 aromatic rings. The molecule has 1 aliphatic heterocycles. The molecule has 9 nitrogen and oxygen atoms in total. The maximum atomic E-state index is 13.1. The minimum atomic E-state index is -0.899. The van der Waals surface area contributed by atoms with Crippen molar-refractivity contribution in [3.8, 4) is 11.4 Å². The Labute approximate surface area is 187 Å². The van der Waals surface area contributed by atoms with E-state index in [9.17, 15) is 9.59 Å². The number of nitrogens with one attached hydrogen (secondary N) is 1. The highest BCUT2D eigenvalue weighted by atomic mass is 35.5. The van der Waals surface area contributed by atoms with E-state index in [0.29, 0.717) is 35.3 Å². The van der Waals surface area contributed by atoms with Gasteiger partial charge in [-0.1, -0.05) is 23.4 Å². The first-order valence-corrected chi connectivity index (χ1v) is 11.3. The molecule has 0 fully saturated rings. The van der Waals surface area contributed by atoms with Gasteiger partial charge >= 0.3 is 0 Å². The minimum Gasteiger partial charge on any atom is -0.338 e. The molecule has 0 radical (unpaired) electrons. The molecule has 3 aromatic heterocycles. The third kappa shape index (κ3) is 4.31. The zero-order chi connectivity index (χ0) is 22.0. The Balaban J connectivity index is 1.78. The summed E-state index contributed by atoms with van der Waals surface area (Å²) in [7, 11) is 0. The van der Waals surface area contributed by atoms with Gasteiger partial charge in [0, 0.05) is 18.8 Å². The molecule has 11 heteroatoms. The van der Waals surface area contributed by atoms with E-state index in [1.807, 2.05) is 13.2 Å². The highest BCUT2D eigenvalue weighted by molar-refractivity contribution is 7.98. The van der Waals surface area contributed by atoms with Crippen molar-refractivity contribution < 1.29 is 4.79 Å². The van der Waals surface area contributed by atoms with Crippen molar-refractivity contribution in [2.45, 2.75) is 43.4 Å². The second-order valence-corrected chi connectivity index (χ2v) is 8.53. The molecular formula is C20H20ClN7O2S. The normalized spacial score (nSPS) is 18.2. The number of fused-ring (bicyclic) bond motifs is 1. The summed E-state index contributed by atoms with van der Waals surface area (Å²) in [5, 5.41) is 3.63. The van der Waals surface area contributed by atoms with E-state index in [1.54, 1.807) is 16.8 Å². The van der Waals surface area contributed by atoms with E-state index < -0.39 is 11.4 Å². The smallest absolute Gasteiger partial charge is 0.272 e. The first-order valence-electron chi connectivity index (χ1n) is 9.69. The first-order chi connectivity index (χ1) is 14.9. The van der Waals surface area contributed by atoms with Crippen LogP contribution in [0.2, 0.25) is 5.02 Å². The van der Waals surface area contributed by atoms with Crippen molar-refractivity contribution in [3.63, 3.8) is 0 Å². The first kappa shape index (κ1) is 21.4. The van der Waals surface area contributed by atoms with Gasteiger partial charge in [0.2, 0.25) is 0 Å². The molecular weight excluding hydrogens is 438 g/mol. The maximum Gasteiger partial charge on any atom is 0.272 e. The number of nitrogens with zero attached hydrogens (tertiary/aromatic N) is 6. The quantitative estimate of drug-likeness (QED) is 0.469. The van der Waals surface area contributed by atoms with Gasteiger partial charge in [0.1, 0.15) is 12.2 Å². The Morgan fingerprint density at radius 1 is 1.26 bits per heavy atom. The number of amides is 1. The van der Waals surface area contributed by atoms with Gasteiger partial charge in [0.05, 0.1) is 28.1 Å². The number of thioether (sulfide) groups is 1. The average Bonchev–Trinajstić information content (AvgIpc) is 2.94. The van der Waals surface area contributed by atoms with E-state index >= 15 is 0 Å². The number of aromatic nitrogens is 6. The van der Waals surface area contributed by atoms with Crippen molar-refractivity contribution in [1.82, 2.24) is 34.8 Å². The van der Waals surface area contributed by atoms with Gasteiger partial charge in [0.15, 0.2) is 10.9 Å². The maximum absolute atomic E-state index is 13.1. The topological polar surface area (TPSA) is 116 Å². The highest BCUT2D eigenvalue weighted by Crippen LogP contribution is 2.30. The van der Waals surface area contributed by atoms with E-state index in [-0.39, 0.29) is 16.3 Å². The Kier molecular flexibility index (Phi) is 6.01. The summed E-state index contributed by atoms with van der Waals surface area (Å²) in [4.78, 5) is 47.3. The van der Waals surface area contributed by atoms with Crippen LogP contribution in [0.3, 0.4) is 0 Å². The van der Waals surface area contributed by atoms with Gasteiger partial charge in [-0.3, -0.25) is 14.2 Å². The van der Waals surface area contributed by atoms with E-state index in [4.69, 9.17) is 16.6 Å². The molecule has 0 saturated heterocycles. The van der Waals surface area contributed by atoms with Crippen LogP contribution in [0.5, 0.6) is 0 Å². The van der Waals surface area contributed by atoms with Crippen LogP contribution in [0, 0.1) is 0 Å². The largest absolute Gasteiger partial charge is 0.338 e. The lowest BCUT2D eigenvalue weighted by molar-refractivity contribution is 0.0888. The zero-order valence-electron chi connectivity index (χ0n) is 17.0. The summed E-state index contributed by atoms with van der Waals surface area (Å²) in [6.45, 7) is 2.39. The fraction of sp³-hybridized carbons (Fsp3) is 0.350. The molecule has 0 aromatic carbocycles.